The Balaban J connectivity index is 1.83. The normalized spacial score (nSPS) is 16.2. The van der Waals surface area contributed by atoms with Crippen molar-refractivity contribution in [2.45, 2.75) is 39.0 Å². The van der Waals surface area contributed by atoms with Crippen molar-refractivity contribution in [1.29, 1.82) is 0 Å². The molecule has 1 saturated heterocycles. The Morgan fingerprint density at radius 2 is 1.97 bits per heavy atom. The molecule has 29 heavy (non-hydrogen) atoms. The first kappa shape index (κ1) is 21.8. The molecule has 0 N–H and O–H groups in total. The quantitative estimate of drug-likeness (QED) is 0.609. The molecular weight excluding hydrogens is 406 g/mol. The average Bonchev–Trinajstić information content (AvgIpc) is 3.01. The number of rotatable bonds is 9. The van der Waals surface area contributed by atoms with E-state index in [1.54, 1.807) is 13.0 Å². The van der Waals surface area contributed by atoms with Gasteiger partial charge in [-0.25, -0.2) is 17.2 Å². The maximum atomic E-state index is 14.9. The van der Waals surface area contributed by atoms with Crippen molar-refractivity contribution >= 4 is 10.0 Å². The van der Waals surface area contributed by atoms with Crippen LogP contribution < -0.4 is 0 Å². The second-order valence-corrected chi connectivity index (χ2v) is 9.21. The fourth-order valence-electron chi connectivity index (χ4n) is 3.16. The van der Waals surface area contributed by atoms with Crippen LogP contribution in [0, 0.1) is 18.6 Å². The van der Waals surface area contributed by atoms with Crippen molar-refractivity contribution in [2.75, 3.05) is 26.0 Å². The summed E-state index contributed by atoms with van der Waals surface area (Å²) >= 11 is 0. The highest BCUT2D eigenvalue weighted by molar-refractivity contribution is 7.88. The molecule has 1 aromatic carbocycles. The van der Waals surface area contributed by atoms with E-state index in [2.05, 4.69) is 5.16 Å². The fraction of sp³-hybridized carbons (Fsp3) is 0.526. The molecule has 2 heterocycles. The van der Waals surface area contributed by atoms with E-state index in [0.717, 1.165) is 22.7 Å². The molecule has 1 aliphatic rings. The summed E-state index contributed by atoms with van der Waals surface area (Å²) in [5.74, 6) is -0.754. The van der Waals surface area contributed by atoms with Crippen molar-refractivity contribution in [3.63, 3.8) is 0 Å². The smallest absolute Gasteiger partial charge is 0.211 e. The van der Waals surface area contributed by atoms with E-state index in [0.29, 0.717) is 17.9 Å². The van der Waals surface area contributed by atoms with E-state index in [-0.39, 0.29) is 44.0 Å². The molecule has 1 aromatic heterocycles. The van der Waals surface area contributed by atoms with Crippen LogP contribution in [-0.4, -0.2) is 43.9 Å². The molecule has 0 atom stereocenters. The Labute approximate surface area is 168 Å². The van der Waals surface area contributed by atoms with Gasteiger partial charge >= 0.3 is 0 Å². The van der Waals surface area contributed by atoms with Gasteiger partial charge in [0.15, 0.2) is 0 Å². The number of benzene rings is 1. The number of hydrogen-bond donors (Lipinski definition) is 0. The Kier molecular flexibility index (Phi) is 6.37. The van der Waals surface area contributed by atoms with Gasteiger partial charge in [-0.3, -0.25) is 0 Å². The summed E-state index contributed by atoms with van der Waals surface area (Å²) in [7, 11) is -3.54. The van der Waals surface area contributed by atoms with Gasteiger partial charge in [-0.2, -0.15) is 4.31 Å². The molecule has 0 unspecified atom stereocenters. The zero-order valence-electron chi connectivity index (χ0n) is 16.6. The van der Waals surface area contributed by atoms with Gasteiger partial charge in [-0.1, -0.05) is 12.1 Å². The molecule has 10 heteroatoms. The Hall–Kier alpha value is -1.88. The number of halogens is 2. The van der Waals surface area contributed by atoms with Crippen molar-refractivity contribution in [3.8, 4) is 0 Å². The standard InChI is InChI=1S/C19H24F2N2O5S/c1-4-5-23(29(3,24)25)9-14-7-18(21)16(8-17(14)20)19(11-26-12-19)27-10-15-6-13(2)28-22-15/h6-8H,4-5,9-12H2,1-3H3. The van der Waals surface area contributed by atoms with E-state index >= 15 is 0 Å². The summed E-state index contributed by atoms with van der Waals surface area (Å²) in [4.78, 5) is 0. The van der Waals surface area contributed by atoms with Crippen LogP contribution >= 0.6 is 0 Å². The van der Waals surface area contributed by atoms with Crippen LogP contribution in [0.25, 0.3) is 0 Å². The predicted molar refractivity (Wildman–Crippen MR) is 100 cm³/mol. The summed E-state index contributed by atoms with van der Waals surface area (Å²) < 4.78 is 70.6. The van der Waals surface area contributed by atoms with Crippen molar-refractivity contribution in [2.24, 2.45) is 0 Å². The zero-order valence-corrected chi connectivity index (χ0v) is 17.4. The summed E-state index contributed by atoms with van der Waals surface area (Å²) in [5, 5.41) is 3.83. The van der Waals surface area contributed by atoms with Gasteiger partial charge in [-0.05, 0) is 25.5 Å². The van der Waals surface area contributed by atoms with Gasteiger partial charge in [0, 0.05) is 30.3 Å². The van der Waals surface area contributed by atoms with Crippen molar-refractivity contribution < 1.29 is 31.2 Å². The lowest BCUT2D eigenvalue weighted by atomic mass is 9.90. The van der Waals surface area contributed by atoms with E-state index in [9.17, 15) is 17.2 Å². The topological polar surface area (TPSA) is 81.9 Å². The van der Waals surface area contributed by atoms with Gasteiger partial charge in [0.25, 0.3) is 0 Å². The van der Waals surface area contributed by atoms with E-state index in [1.807, 2.05) is 6.92 Å². The zero-order chi connectivity index (χ0) is 21.2. The Morgan fingerprint density at radius 3 is 2.48 bits per heavy atom. The van der Waals surface area contributed by atoms with Crippen LogP contribution in [0.2, 0.25) is 0 Å². The van der Waals surface area contributed by atoms with Gasteiger partial charge in [0.1, 0.15) is 28.7 Å². The fourth-order valence-corrected chi connectivity index (χ4v) is 4.05. The first-order valence-electron chi connectivity index (χ1n) is 9.22. The highest BCUT2D eigenvalue weighted by Crippen LogP contribution is 2.37. The lowest BCUT2D eigenvalue weighted by Crippen LogP contribution is -2.49. The second kappa shape index (κ2) is 8.47. The van der Waals surface area contributed by atoms with Crippen LogP contribution in [0.5, 0.6) is 0 Å². The molecule has 1 fully saturated rings. The molecule has 0 saturated carbocycles. The highest BCUT2D eigenvalue weighted by Gasteiger charge is 2.44. The van der Waals surface area contributed by atoms with Gasteiger partial charge < -0.3 is 14.0 Å². The van der Waals surface area contributed by atoms with Gasteiger partial charge in [0.2, 0.25) is 10.0 Å². The molecule has 2 aromatic rings. The molecule has 0 spiro atoms. The Morgan fingerprint density at radius 1 is 1.24 bits per heavy atom. The number of aryl methyl sites for hydroxylation is 1. The molecule has 0 amide bonds. The van der Waals surface area contributed by atoms with E-state index < -0.39 is 27.3 Å². The van der Waals surface area contributed by atoms with E-state index in [4.69, 9.17) is 14.0 Å². The summed E-state index contributed by atoms with van der Waals surface area (Å²) in [6, 6.07) is 3.79. The van der Waals surface area contributed by atoms with Crippen LogP contribution in [0.4, 0.5) is 8.78 Å². The van der Waals surface area contributed by atoms with Crippen molar-refractivity contribution in [1.82, 2.24) is 9.46 Å². The number of sulfonamides is 1. The number of hydrogen-bond acceptors (Lipinski definition) is 6. The third-order valence-corrected chi connectivity index (χ3v) is 6.01. The second-order valence-electron chi connectivity index (χ2n) is 7.22. The Bertz CT molecular complexity index is 973. The highest BCUT2D eigenvalue weighted by atomic mass is 32.2. The van der Waals surface area contributed by atoms with Gasteiger partial charge in [0.05, 0.1) is 26.1 Å². The molecule has 7 nitrogen and oxygen atoms in total. The minimum Gasteiger partial charge on any atom is -0.375 e. The number of ether oxygens (including phenoxy) is 2. The monoisotopic (exact) mass is 430 g/mol. The summed E-state index contributed by atoms with van der Waals surface area (Å²) in [5.41, 5.74) is -0.593. The summed E-state index contributed by atoms with van der Waals surface area (Å²) in [6.45, 7) is 3.74. The van der Waals surface area contributed by atoms with Crippen LogP contribution in [0.3, 0.4) is 0 Å². The lowest BCUT2D eigenvalue weighted by Gasteiger charge is -2.41. The summed E-state index contributed by atoms with van der Waals surface area (Å²) in [6.07, 6.45) is 1.61. The predicted octanol–water partition coefficient (Wildman–Crippen LogP) is 2.88. The minimum absolute atomic E-state index is 0.0339. The molecule has 0 bridgehead atoms. The van der Waals surface area contributed by atoms with E-state index in [1.165, 1.54) is 0 Å². The first-order chi connectivity index (χ1) is 13.6. The molecule has 3 rings (SSSR count). The van der Waals surface area contributed by atoms with Gasteiger partial charge in [-0.15, -0.1) is 0 Å². The van der Waals surface area contributed by atoms with Crippen LogP contribution in [-0.2, 0) is 38.2 Å². The first-order valence-corrected chi connectivity index (χ1v) is 11.1. The third-order valence-electron chi connectivity index (χ3n) is 4.76. The average molecular weight is 430 g/mol. The SMILES string of the molecule is CCCN(Cc1cc(F)c(C2(OCc3cc(C)on3)COC2)cc1F)S(C)(=O)=O. The number of aromatic nitrogens is 1. The third kappa shape index (κ3) is 4.82. The van der Waals surface area contributed by atoms with Crippen molar-refractivity contribution in [3.05, 3.63) is 52.4 Å². The van der Waals surface area contributed by atoms with Crippen LogP contribution in [0.15, 0.2) is 22.7 Å². The lowest BCUT2D eigenvalue weighted by molar-refractivity contribution is -0.224. The molecule has 1 aliphatic heterocycles. The molecular formula is C19H24F2N2O5S. The largest absolute Gasteiger partial charge is 0.375 e. The maximum absolute atomic E-state index is 14.9. The molecule has 160 valence electrons. The maximum Gasteiger partial charge on any atom is 0.211 e. The minimum atomic E-state index is -3.54. The number of nitrogens with zero attached hydrogens (tertiary/aromatic N) is 2. The van der Waals surface area contributed by atoms with Crippen LogP contribution in [0.1, 0.15) is 35.9 Å². The molecule has 0 radical (unpaired) electrons. The molecule has 0 aliphatic carbocycles.